The molecule has 0 bridgehead atoms. The lowest BCUT2D eigenvalue weighted by Crippen LogP contribution is -2.16. The smallest absolute Gasteiger partial charge is 0.138 e. The van der Waals surface area contributed by atoms with E-state index >= 15 is 0 Å². The van der Waals surface area contributed by atoms with E-state index in [1.807, 2.05) is 0 Å². The summed E-state index contributed by atoms with van der Waals surface area (Å²) in [7, 11) is -2.75. The standard InChI is InChI=1S/C14H22ClO5P/c1-19-12-7-8-14(13(15)11-12)20-9-5-3-2-4-6-10-21(16,17)18/h7-8,11H,2-6,9-10H2,1H3,(H2,16,17,18)/p-2. The number of methoxy groups -OCH3 is 1. The molecule has 0 N–H and O–H groups in total. The first-order valence-electron chi connectivity index (χ1n) is 6.90. The van der Waals surface area contributed by atoms with Gasteiger partial charge in [0.15, 0.2) is 0 Å². The zero-order valence-electron chi connectivity index (χ0n) is 12.0. The van der Waals surface area contributed by atoms with E-state index in [1.54, 1.807) is 25.3 Å². The van der Waals surface area contributed by atoms with Crippen molar-refractivity contribution in [3.63, 3.8) is 0 Å². The Morgan fingerprint density at radius 1 is 1.14 bits per heavy atom. The molecule has 21 heavy (non-hydrogen) atoms. The van der Waals surface area contributed by atoms with Gasteiger partial charge in [-0.05, 0) is 31.1 Å². The van der Waals surface area contributed by atoms with Gasteiger partial charge in [0.2, 0.25) is 0 Å². The fourth-order valence-electron chi connectivity index (χ4n) is 1.85. The molecule has 1 aromatic carbocycles. The summed E-state index contributed by atoms with van der Waals surface area (Å²) < 4.78 is 21.0. The number of unbranched alkanes of at least 4 members (excludes halogenated alkanes) is 4. The van der Waals surface area contributed by atoms with Gasteiger partial charge in [-0.25, -0.2) is 0 Å². The largest absolute Gasteiger partial charge is 0.811 e. The minimum absolute atomic E-state index is 0.245. The topological polar surface area (TPSA) is 81.7 Å². The molecule has 5 nitrogen and oxygen atoms in total. The van der Waals surface area contributed by atoms with E-state index < -0.39 is 7.60 Å². The van der Waals surface area contributed by atoms with Crippen LogP contribution in [0.2, 0.25) is 5.02 Å². The maximum absolute atomic E-state index is 10.4. The van der Waals surface area contributed by atoms with Crippen molar-refractivity contribution < 1.29 is 23.8 Å². The van der Waals surface area contributed by atoms with E-state index in [-0.39, 0.29) is 6.16 Å². The van der Waals surface area contributed by atoms with Gasteiger partial charge in [0.25, 0.3) is 0 Å². The van der Waals surface area contributed by atoms with Gasteiger partial charge in [-0.3, -0.25) is 0 Å². The van der Waals surface area contributed by atoms with Gasteiger partial charge in [-0.2, -0.15) is 0 Å². The van der Waals surface area contributed by atoms with Crippen molar-refractivity contribution in [2.75, 3.05) is 19.9 Å². The van der Waals surface area contributed by atoms with Crippen LogP contribution in [-0.2, 0) is 4.57 Å². The summed E-state index contributed by atoms with van der Waals surface area (Å²) in [5.41, 5.74) is 0. The van der Waals surface area contributed by atoms with Crippen molar-refractivity contribution >= 4 is 19.2 Å². The number of ether oxygens (including phenoxy) is 2. The first-order valence-corrected chi connectivity index (χ1v) is 9.00. The van der Waals surface area contributed by atoms with Crippen LogP contribution in [-0.4, -0.2) is 19.9 Å². The van der Waals surface area contributed by atoms with Crippen LogP contribution in [0, 0.1) is 0 Å². The molecule has 0 atom stereocenters. The van der Waals surface area contributed by atoms with Crippen LogP contribution in [0.4, 0.5) is 0 Å². The second-order valence-electron chi connectivity index (χ2n) is 4.75. The van der Waals surface area contributed by atoms with Gasteiger partial charge >= 0.3 is 0 Å². The van der Waals surface area contributed by atoms with Crippen molar-refractivity contribution in [3.05, 3.63) is 23.2 Å². The number of halogens is 1. The maximum atomic E-state index is 10.4. The molecule has 0 saturated heterocycles. The predicted octanol–water partition coefficient (Wildman–Crippen LogP) is 2.59. The molecule has 0 aromatic heterocycles. The van der Waals surface area contributed by atoms with Crippen molar-refractivity contribution in [1.82, 2.24) is 0 Å². The van der Waals surface area contributed by atoms with Crippen LogP contribution in [0.15, 0.2) is 18.2 Å². The zero-order chi connectivity index (χ0) is 15.7. The molecule has 0 aliphatic rings. The van der Waals surface area contributed by atoms with E-state index in [1.165, 1.54) is 0 Å². The number of hydrogen-bond acceptors (Lipinski definition) is 5. The highest BCUT2D eigenvalue weighted by Gasteiger charge is 2.03. The Hall–Kier alpha value is -0.740. The molecule has 0 aliphatic carbocycles. The average molecular weight is 335 g/mol. The van der Waals surface area contributed by atoms with E-state index in [4.69, 9.17) is 21.1 Å². The molecule has 1 rings (SSSR count). The van der Waals surface area contributed by atoms with Crippen LogP contribution >= 0.6 is 19.2 Å². The Morgan fingerprint density at radius 3 is 2.43 bits per heavy atom. The Kier molecular flexibility index (Phi) is 8.12. The Labute approximate surface area is 130 Å². The highest BCUT2D eigenvalue weighted by molar-refractivity contribution is 7.48. The number of hydrogen-bond donors (Lipinski definition) is 0. The molecule has 0 heterocycles. The fourth-order valence-corrected chi connectivity index (χ4v) is 2.68. The van der Waals surface area contributed by atoms with Crippen LogP contribution in [0.25, 0.3) is 0 Å². The van der Waals surface area contributed by atoms with Crippen molar-refractivity contribution in [2.45, 2.75) is 32.1 Å². The van der Waals surface area contributed by atoms with Gasteiger partial charge in [0, 0.05) is 6.07 Å². The van der Waals surface area contributed by atoms with Crippen LogP contribution in [0.1, 0.15) is 32.1 Å². The third-order valence-electron chi connectivity index (χ3n) is 2.97. The summed E-state index contributed by atoms with van der Waals surface area (Å²) in [4.78, 5) is 20.9. The summed E-state index contributed by atoms with van der Waals surface area (Å²) in [6.45, 7) is 0.549. The molecule has 0 unspecified atom stereocenters. The molecular formula is C14H20ClO5P-2. The van der Waals surface area contributed by atoms with Gasteiger partial charge in [-0.15, -0.1) is 0 Å². The summed E-state index contributed by atoms with van der Waals surface area (Å²) in [5, 5.41) is 0.510. The first kappa shape index (κ1) is 18.3. The van der Waals surface area contributed by atoms with Crippen LogP contribution < -0.4 is 19.3 Å². The Morgan fingerprint density at radius 2 is 1.81 bits per heavy atom. The normalized spacial score (nSPS) is 11.4. The second kappa shape index (κ2) is 9.31. The van der Waals surface area contributed by atoms with Gasteiger partial charge < -0.3 is 23.8 Å². The van der Waals surface area contributed by atoms with Crippen LogP contribution in [0.5, 0.6) is 11.5 Å². The first-order chi connectivity index (χ1) is 9.92. The summed E-state index contributed by atoms with van der Waals surface area (Å²) >= 11 is 6.04. The monoisotopic (exact) mass is 334 g/mol. The molecule has 7 heteroatoms. The third kappa shape index (κ3) is 8.32. The second-order valence-corrected chi connectivity index (χ2v) is 6.82. The Bertz CT molecular complexity index is 474. The van der Waals surface area contributed by atoms with Gasteiger partial charge in [0.05, 0.1) is 18.7 Å². The van der Waals surface area contributed by atoms with E-state index in [2.05, 4.69) is 0 Å². The quantitative estimate of drug-likeness (QED) is 0.485. The molecule has 1 aromatic rings. The molecule has 0 radical (unpaired) electrons. The Balaban J connectivity index is 2.10. The molecule has 0 saturated carbocycles. The fraction of sp³-hybridized carbons (Fsp3) is 0.571. The lowest BCUT2D eigenvalue weighted by molar-refractivity contribution is -0.313. The van der Waals surface area contributed by atoms with E-state index in [0.29, 0.717) is 29.5 Å². The van der Waals surface area contributed by atoms with E-state index in [0.717, 1.165) is 25.7 Å². The van der Waals surface area contributed by atoms with Gasteiger partial charge in [0.1, 0.15) is 11.5 Å². The molecule has 0 amide bonds. The highest BCUT2D eigenvalue weighted by atomic mass is 35.5. The molecule has 0 spiro atoms. The summed E-state index contributed by atoms with van der Waals surface area (Å²) in [6.07, 6.45) is 3.61. The molecule has 120 valence electrons. The van der Waals surface area contributed by atoms with E-state index in [9.17, 15) is 14.4 Å². The minimum Gasteiger partial charge on any atom is -0.811 e. The van der Waals surface area contributed by atoms with Gasteiger partial charge in [-0.1, -0.05) is 38.5 Å². The van der Waals surface area contributed by atoms with Crippen molar-refractivity contribution in [1.29, 1.82) is 0 Å². The van der Waals surface area contributed by atoms with Crippen molar-refractivity contribution in [3.8, 4) is 11.5 Å². The summed E-state index contributed by atoms with van der Waals surface area (Å²) in [5.74, 6) is 1.30. The lowest BCUT2D eigenvalue weighted by atomic mass is 10.2. The minimum atomic E-state index is -4.33. The molecule has 0 aliphatic heterocycles. The molecule has 0 fully saturated rings. The highest BCUT2D eigenvalue weighted by Crippen LogP contribution is 2.29. The predicted molar refractivity (Wildman–Crippen MR) is 79.1 cm³/mol. The number of rotatable bonds is 10. The SMILES string of the molecule is COc1ccc(OCCCCCCCP(=O)([O-])[O-])c(Cl)c1. The van der Waals surface area contributed by atoms with Crippen molar-refractivity contribution in [2.24, 2.45) is 0 Å². The van der Waals surface area contributed by atoms with Crippen LogP contribution in [0.3, 0.4) is 0 Å². The maximum Gasteiger partial charge on any atom is 0.138 e. The average Bonchev–Trinajstić information content (AvgIpc) is 2.42. The summed E-state index contributed by atoms with van der Waals surface area (Å²) in [6, 6.07) is 5.24. The molecular weight excluding hydrogens is 315 g/mol. The zero-order valence-corrected chi connectivity index (χ0v) is 13.7. The third-order valence-corrected chi connectivity index (χ3v) is 4.13. The number of benzene rings is 1. The lowest BCUT2D eigenvalue weighted by Gasteiger charge is -2.29.